The fraction of sp³-hybridized carbons (Fsp3) is 0. The van der Waals surface area contributed by atoms with Gasteiger partial charge >= 0.3 is 5.82 Å². The van der Waals surface area contributed by atoms with E-state index in [1.54, 1.807) is 51.5 Å². The Balaban J connectivity index is 1.41. The molecule has 0 atom stereocenters. The molecule has 140 valence electrons. The minimum Gasteiger partial charge on any atom is -0.264 e. The molecule has 0 aliphatic rings. The van der Waals surface area contributed by atoms with Crippen LogP contribution in [0.5, 0.6) is 0 Å². The topological polar surface area (TPSA) is 102 Å². The number of fused-ring (bicyclic) bond motifs is 3. The molecule has 6 aromatic heterocycles. The molecule has 6 heterocycles. The second-order valence-corrected chi connectivity index (χ2v) is 6.62. The SMILES string of the molecule is c1cc2c[n+](-c3ccc4c[n+](-[n+]5cnc6nnccc6c5)ncc4n3)ncc2cn1. The van der Waals surface area contributed by atoms with Gasteiger partial charge in [-0.25, -0.2) is 0 Å². The van der Waals surface area contributed by atoms with Crippen LogP contribution in [0.1, 0.15) is 0 Å². The maximum Gasteiger partial charge on any atom is 0.348 e. The molecule has 30 heavy (non-hydrogen) atoms. The van der Waals surface area contributed by atoms with Crippen LogP contribution in [-0.2, 0) is 0 Å². The first-order chi connectivity index (χ1) is 14.8. The second kappa shape index (κ2) is 6.48. The van der Waals surface area contributed by atoms with Gasteiger partial charge in [0.25, 0.3) is 18.2 Å². The summed E-state index contributed by atoms with van der Waals surface area (Å²) in [5.41, 5.74) is 1.34. The standard InChI is InChI=1S/C20H13N10/c1-2-19(29-11-14-3-5-21-7-17(14)8-24-29)26-18-9-25-30(12-15(1)18)28-10-16-4-6-23-27-20(16)22-13-28/h1-13H/q+3. The van der Waals surface area contributed by atoms with Crippen LogP contribution in [0.2, 0.25) is 0 Å². The zero-order chi connectivity index (χ0) is 19.9. The van der Waals surface area contributed by atoms with Gasteiger partial charge < -0.3 is 0 Å². The first-order valence-corrected chi connectivity index (χ1v) is 9.14. The van der Waals surface area contributed by atoms with Crippen molar-refractivity contribution in [2.45, 2.75) is 0 Å². The van der Waals surface area contributed by atoms with Gasteiger partial charge in [0.2, 0.25) is 11.7 Å². The summed E-state index contributed by atoms with van der Waals surface area (Å²) in [6, 6.07) is 7.71. The molecule has 10 nitrogen and oxygen atoms in total. The van der Waals surface area contributed by atoms with E-state index < -0.39 is 0 Å². The van der Waals surface area contributed by atoms with Gasteiger partial charge in [0.05, 0.1) is 17.8 Å². The highest BCUT2D eigenvalue weighted by molar-refractivity contribution is 5.79. The Kier molecular flexibility index (Phi) is 3.54. The summed E-state index contributed by atoms with van der Waals surface area (Å²) in [6.07, 6.45) is 16.0. The average Bonchev–Trinajstić information content (AvgIpc) is 2.83. The summed E-state index contributed by atoms with van der Waals surface area (Å²) < 4.78 is 3.51. The molecule has 0 unspecified atom stereocenters. The van der Waals surface area contributed by atoms with Gasteiger partial charge in [0, 0.05) is 33.9 Å². The highest BCUT2D eigenvalue weighted by atomic mass is 15.6. The fourth-order valence-electron chi connectivity index (χ4n) is 3.21. The van der Waals surface area contributed by atoms with E-state index in [4.69, 9.17) is 4.98 Å². The van der Waals surface area contributed by atoms with Gasteiger partial charge in [-0.05, 0) is 23.2 Å². The quantitative estimate of drug-likeness (QED) is 0.384. The van der Waals surface area contributed by atoms with Crippen LogP contribution in [0.4, 0.5) is 0 Å². The van der Waals surface area contributed by atoms with Crippen molar-refractivity contribution in [1.29, 1.82) is 0 Å². The third-order valence-electron chi connectivity index (χ3n) is 4.74. The molecular weight excluding hydrogens is 380 g/mol. The minimum absolute atomic E-state index is 0.581. The first-order valence-electron chi connectivity index (χ1n) is 9.14. The zero-order valence-corrected chi connectivity index (χ0v) is 15.5. The van der Waals surface area contributed by atoms with Gasteiger partial charge in [0.1, 0.15) is 22.6 Å². The predicted octanol–water partition coefficient (Wildman–Crippen LogP) is 0.0743. The Morgan fingerprint density at radius 3 is 2.70 bits per heavy atom. The molecule has 10 heteroatoms. The number of nitrogens with zero attached hydrogens (tertiary/aromatic N) is 10. The monoisotopic (exact) mass is 393 g/mol. The normalized spacial score (nSPS) is 11.3. The summed E-state index contributed by atoms with van der Waals surface area (Å²) in [5.74, 6) is 0.708. The smallest absolute Gasteiger partial charge is 0.264 e. The highest BCUT2D eigenvalue weighted by Gasteiger charge is 2.20. The van der Waals surface area contributed by atoms with Crippen molar-refractivity contribution >= 4 is 32.7 Å². The van der Waals surface area contributed by atoms with Crippen molar-refractivity contribution in [2.24, 2.45) is 0 Å². The molecule has 0 fully saturated rings. The Bertz CT molecular complexity index is 1450. The van der Waals surface area contributed by atoms with E-state index in [-0.39, 0.29) is 0 Å². The highest BCUT2D eigenvalue weighted by Crippen LogP contribution is 2.11. The molecule has 0 saturated heterocycles. The lowest BCUT2D eigenvalue weighted by molar-refractivity contribution is -1.32. The number of aromatic nitrogens is 10. The fourth-order valence-corrected chi connectivity index (χ4v) is 3.21. The van der Waals surface area contributed by atoms with Gasteiger partial charge in [-0.1, -0.05) is 10.1 Å². The van der Waals surface area contributed by atoms with E-state index in [0.717, 1.165) is 27.1 Å². The maximum atomic E-state index is 4.70. The minimum atomic E-state index is 0.581. The van der Waals surface area contributed by atoms with Crippen molar-refractivity contribution in [3.63, 3.8) is 0 Å². The number of pyridine rings is 2. The molecule has 0 radical (unpaired) electrons. The average molecular weight is 393 g/mol. The van der Waals surface area contributed by atoms with E-state index in [0.29, 0.717) is 11.5 Å². The van der Waals surface area contributed by atoms with Crippen LogP contribution in [0.3, 0.4) is 0 Å². The van der Waals surface area contributed by atoms with Gasteiger partial charge in [-0.3, -0.25) is 4.98 Å². The first kappa shape index (κ1) is 16.4. The van der Waals surface area contributed by atoms with E-state index in [2.05, 4.69) is 30.4 Å². The molecule has 0 amide bonds. The second-order valence-electron chi connectivity index (χ2n) is 6.62. The van der Waals surface area contributed by atoms with Crippen molar-refractivity contribution in [3.8, 4) is 5.82 Å². The lowest BCUT2D eigenvalue weighted by atomic mass is 10.2. The van der Waals surface area contributed by atoms with Crippen LogP contribution in [0, 0.1) is 0 Å². The number of hydrogen-bond donors (Lipinski definition) is 0. The third kappa shape index (κ3) is 2.75. The molecule has 0 aliphatic carbocycles. The Morgan fingerprint density at radius 1 is 0.733 bits per heavy atom. The molecule has 0 aliphatic heterocycles. The molecule has 0 aromatic carbocycles. The van der Waals surface area contributed by atoms with Crippen LogP contribution >= 0.6 is 0 Å². The summed E-state index contributed by atoms with van der Waals surface area (Å²) in [7, 11) is 0. The zero-order valence-electron chi connectivity index (χ0n) is 15.5. The van der Waals surface area contributed by atoms with Crippen molar-refractivity contribution < 1.29 is 14.1 Å². The van der Waals surface area contributed by atoms with Crippen LogP contribution in [0.25, 0.3) is 38.5 Å². The van der Waals surface area contributed by atoms with Crippen LogP contribution in [-0.4, -0.2) is 35.3 Å². The van der Waals surface area contributed by atoms with Crippen molar-refractivity contribution in [1.82, 2.24) is 35.3 Å². The van der Waals surface area contributed by atoms with E-state index in [9.17, 15) is 0 Å². The molecule has 0 saturated carbocycles. The summed E-state index contributed by atoms with van der Waals surface area (Å²) >= 11 is 0. The van der Waals surface area contributed by atoms with E-state index in [1.165, 1.54) is 0 Å². The van der Waals surface area contributed by atoms with Crippen molar-refractivity contribution in [2.75, 3.05) is 0 Å². The van der Waals surface area contributed by atoms with Gasteiger partial charge in [-0.15, -0.1) is 9.78 Å². The molecule has 0 spiro atoms. The number of rotatable bonds is 2. The largest absolute Gasteiger partial charge is 0.348 e. The van der Waals surface area contributed by atoms with Crippen LogP contribution < -0.4 is 14.1 Å². The molecule has 6 rings (SSSR count). The van der Waals surface area contributed by atoms with Crippen LogP contribution in [0.15, 0.2) is 80.2 Å². The van der Waals surface area contributed by atoms with E-state index in [1.807, 2.05) is 42.9 Å². The summed E-state index contributed by atoms with van der Waals surface area (Å²) in [4.78, 5) is 14.8. The lowest BCUT2D eigenvalue weighted by Gasteiger charge is -1.97. The molecular formula is C20H13N10+3. The molecule has 6 aromatic rings. The number of hydrogen-bond acceptors (Lipinski definition) is 7. The summed E-state index contributed by atoms with van der Waals surface area (Å²) in [6.45, 7) is 0. The van der Waals surface area contributed by atoms with Gasteiger partial charge in [-0.2, -0.15) is 5.10 Å². The summed E-state index contributed by atoms with van der Waals surface area (Å²) in [5, 5.41) is 20.6. The Labute approximate surface area is 168 Å². The van der Waals surface area contributed by atoms with Gasteiger partial charge in [0.15, 0.2) is 5.10 Å². The van der Waals surface area contributed by atoms with Crippen molar-refractivity contribution in [3.05, 3.63) is 80.2 Å². The van der Waals surface area contributed by atoms with E-state index >= 15 is 0 Å². The predicted molar refractivity (Wildman–Crippen MR) is 103 cm³/mol. The Morgan fingerprint density at radius 2 is 1.70 bits per heavy atom. The Hall–Kier alpha value is -4.60. The third-order valence-corrected chi connectivity index (χ3v) is 4.74. The maximum absolute atomic E-state index is 4.70. The lowest BCUT2D eigenvalue weighted by Crippen LogP contribution is -2.68. The molecule has 0 bridgehead atoms. The molecule has 0 N–H and O–H groups in total.